The molecule has 0 aliphatic heterocycles. The van der Waals surface area contributed by atoms with Crippen molar-refractivity contribution in [1.82, 2.24) is 15.3 Å². The van der Waals surface area contributed by atoms with Crippen LogP contribution in [0.4, 0.5) is 17.5 Å². The smallest absolute Gasteiger partial charge is 0.244 e. The van der Waals surface area contributed by atoms with Gasteiger partial charge in [-0.3, -0.25) is 0 Å². The van der Waals surface area contributed by atoms with Crippen LogP contribution in [-0.2, 0) is 0 Å². The van der Waals surface area contributed by atoms with E-state index in [9.17, 15) is 0 Å². The molecule has 1 heterocycles. The molecular formula is C9H18N6O. The Kier molecular flexibility index (Phi) is 4.59. The first-order valence-corrected chi connectivity index (χ1v) is 5.13. The molecule has 0 aromatic carbocycles. The molecule has 7 heteroatoms. The third-order valence-electron chi connectivity index (χ3n) is 1.93. The highest BCUT2D eigenvalue weighted by Crippen LogP contribution is 2.25. The van der Waals surface area contributed by atoms with Gasteiger partial charge in [-0.25, -0.2) is 0 Å². The van der Waals surface area contributed by atoms with Crippen molar-refractivity contribution in [3.05, 3.63) is 0 Å². The number of nitrogens with one attached hydrogen (secondary N) is 2. The molecule has 0 saturated carbocycles. The van der Waals surface area contributed by atoms with Gasteiger partial charge in [0.2, 0.25) is 11.8 Å². The van der Waals surface area contributed by atoms with Gasteiger partial charge in [-0.05, 0) is 6.54 Å². The van der Waals surface area contributed by atoms with E-state index in [2.05, 4.69) is 20.6 Å². The lowest BCUT2D eigenvalue weighted by atomic mass is 10.4. The predicted molar refractivity (Wildman–Crippen MR) is 64.4 cm³/mol. The van der Waals surface area contributed by atoms with E-state index in [1.165, 1.54) is 0 Å². The third-order valence-corrected chi connectivity index (χ3v) is 1.93. The van der Waals surface area contributed by atoms with Crippen molar-refractivity contribution < 1.29 is 4.74 Å². The first-order valence-electron chi connectivity index (χ1n) is 5.13. The van der Waals surface area contributed by atoms with Crippen molar-refractivity contribution in [2.45, 2.75) is 6.92 Å². The number of likely N-dealkylation sites (N-methyl/N-ethyl adjacent to an activating group) is 1. The minimum atomic E-state index is 0.136. The Morgan fingerprint density at radius 1 is 1.31 bits per heavy atom. The van der Waals surface area contributed by atoms with Gasteiger partial charge in [0.1, 0.15) is 12.3 Å². The molecular weight excluding hydrogens is 208 g/mol. The summed E-state index contributed by atoms with van der Waals surface area (Å²) in [5.74, 6) is 0.928. The Balaban J connectivity index is 2.67. The van der Waals surface area contributed by atoms with Crippen LogP contribution in [-0.4, -0.2) is 36.7 Å². The summed E-state index contributed by atoms with van der Waals surface area (Å²) in [5, 5.41) is 5.95. The van der Waals surface area contributed by atoms with E-state index < -0.39 is 0 Å². The third kappa shape index (κ3) is 3.13. The van der Waals surface area contributed by atoms with Gasteiger partial charge in [0, 0.05) is 13.6 Å². The van der Waals surface area contributed by atoms with Gasteiger partial charge >= 0.3 is 0 Å². The molecule has 0 bridgehead atoms. The lowest BCUT2D eigenvalue weighted by Gasteiger charge is -2.11. The van der Waals surface area contributed by atoms with Crippen molar-refractivity contribution in [1.29, 1.82) is 0 Å². The van der Waals surface area contributed by atoms with Gasteiger partial charge in [-0.15, -0.1) is 0 Å². The van der Waals surface area contributed by atoms with Gasteiger partial charge in [0.15, 0.2) is 5.82 Å². The number of anilines is 3. The fourth-order valence-corrected chi connectivity index (χ4v) is 1.16. The fraction of sp³-hybridized carbons (Fsp3) is 0.556. The second-order valence-electron chi connectivity index (χ2n) is 3.10. The van der Waals surface area contributed by atoms with Gasteiger partial charge in [-0.1, -0.05) is 6.92 Å². The second-order valence-corrected chi connectivity index (χ2v) is 3.10. The molecule has 0 atom stereocenters. The van der Waals surface area contributed by atoms with Crippen LogP contribution in [0, 0.1) is 0 Å². The number of aromatic nitrogens is 2. The molecule has 90 valence electrons. The van der Waals surface area contributed by atoms with Gasteiger partial charge in [0.25, 0.3) is 0 Å². The summed E-state index contributed by atoms with van der Waals surface area (Å²) < 4.78 is 5.40. The molecule has 7 nitrogen and oxygen atoms in total. The van der Waals surface area contributed by atoms with E-state index in [0.717, 1.165) is 13.1 Å². The molecule has 6 N–H and O–H groups in total. The molecule has 0 fully saturated rings. The van der Waals surface area contributed by atoms with Gasteiger partial charge < -0.3 is 26.8 Å². The number of hydrogen-bond donors (Lipinski definition) is 4. The zero-order valence-corrected chi connectivity index (χ0v) is 9.58. The van der Waals surface area contributed by atoms with Crippen molar-refractivity contribution in [2.75, 3.05) is 43.5 Å². The standard InChI is InChI=1S/C9H18N6O/c1-3-13-4-5-16-8-6(10)7(12-2)14-9(11)15-8/h13H,3-5,10H2,1-2H3,(H3,11,12,14,15). The molecule has 0 aliphatic carbocycles. The molecule has 1 aromatic heterocycles. The summed E-state index contributed by atoms with van der Waals surface area (Å²) in [4.78, 5) is 7.86. The first-order chi connectivity index (χ1) is 7.69. The van der Waals surface area contributed by atoms with E-state index in [4.69, 9.17) is 16.2 Å². The monoisotopic (exact) mass is 226 g/mol. The maximum absolute atomic E-state index is 5.79. The Hall–Kier alpha value is -1.76. The number of rotatable bonds is 6. The predicted octanol–water partition coefficient (Wildman–Crippen LogP) is -0.329. The molecule has 0 radical (unpaired) electrons. The maximum Gasteiger partial charge on any atom is 0.244 e. The number of nitrogens with zero attached hydrogens (tertiary/aromatic N) is 2. The highest BCUT2D eigenvalue weighted by molar-refractivity contribution is 5.68. The number of ether oxygens (including phenoxy) is 1. The zero-order chi connectivity index (χ0) is 12.0. The molecule has 0 unspecified atom stereocenters. The zero-order valence-electron chi connectivity index (χ0n) is 9.58. The molecule has 0 spiro atoms. The fourth-order valence-electron chi connectivity index (χ4n) is 1.16. The molecule has 0 aliphatic rings. The molecule has 1 aromatic rings. The van der Waals surface area contributed by atoms with Crippen LogP contribution in [0.1, 0.15) is 6.92 Å². The summed E-state index contributed by atoms with van der Waals surface area (Å²) in [5.41, 5.74) is 11.7. The topological polar surface area (TPSA) is 111 Å². The van der Waals surface area contributed by atoms with Gasteiger partial charge in [0.05, 0.1) is 0 Å². The lowest BCUT2D eigenvalue weighted by Crippen LogP contribution is -2.21. The van der Waals surface area contributed by atoms with E-state index in [0.29, 0.717) is 24.0 Å². The van der Waals surface area contributed by atoms with Crippen LogP contribution in [0.25, 0.3) is 0 Å². The summed E-state index contributed by atoms with van der Waals surface area (Å²) in [6.45, 7) is 4.13. The highest BCUT2D eigenvalue weighted by Gasteiger charge is 2.10. The molecule has 0 amide bonds. The average Bonchev–Trinajstić information content (AvgIpc) is 2.28. The van der Waals surface area contributed by atoms with Crippen LogP contribution in [0.5, 0.6) is 5.88 Å². The minimum absolute atomic E-state index is 0.136. The molecule has 0 saturated heterocycles. The van der Waals surface area contributed by atoms with Crippen LogP contribution in [0.2, 0.25) is 0 Å². The Morgan fingerprint density at radius 2 is 2.06 bits per heavy atom. The number of hydrogen-bond acceptors (Lipinski definition) is 7. The van der Waals surface area contributed by atoms with Crippen LogP contribution in [0.15, 0.2) is 0 Å². The average molecular weight is 226 g/mol. The summed E-state index contributed by atoms with van der Waals surface area (Å²) in [7, 11) is 1.71. The number of nitrogen functional groups attached to an aromatic ring is 2. The maximum atomic E-state index is 5.79. The lowest BCUT2D eigenvalue weighted by molar-refractivity contribution is 0.305. The van der Waals surface area contributed by atoms with Gasteiger partial charge in [-0.2, -0.15) is 9.97 Å². The van der Waals surface area contributed by atoms with E-state index >= 15 is 0 Å². The van der Waals surface area contributed by atoms with Crippen LogP contribution >= 0.6 is 0 Å². The number of nitrogens with two attached hydrogens (primary N) is 2. The summed E-state index contributed by atoms with van der Waals surface area (Å²) >= 11 is 0. The SMILES string of the molecule is CCNCCOc1nc(N)nc(NC)c1N. The van der Waals surface area contributed by atoms with Crippen molar-refractivity contribution in [2.24, 2.45) is 0 Å². The Bertz CT molecular complexity index is 343. The van der Waals surface area contributed by atoms with Crippen LogP contribution in [0.3, 0.4) is 0 Å². The van der Waals surface area contributed by atoms with E-state index in [1.54, 1.807) is 7.05 Å². The normalized spacial score (nSPS) is 10.1. The van der Waals surface area contributed by atoms with Crippen LogP contribution < -0.4 is 26.8 Å². The summed E-state index contributed by atoms with van der Waals surface area (Å²) in [6.07, 6.45) is 0. The van der Waals surface area contributed by atoms with Crippen molar-refractivity contribution in [3.63, 3.8) is 0 Å². The summed E-state index contributed by atoms with van der Waals surface area (Å²) in [6, 6.07) is 0. The van der Waals surface area contributed by atoms with E-state index in [1.807, 2.05) is 6.92 Å². The van der Waals surface area contributed by atoms with E-state index in [-0.39, 0.29) is 5.95 Å². The second kappa shape index (κ2) is 5.96. The minimum Gasteiger partial charge on any atom is -0.475 e. The molecule has 16 heavy (non-hydrogen) atoms. The largest absolute Gasteiger partial charge is 0.475 e. The highest BCUT2D eigenvalue weighted by atomic mass is 16.5. The first kappa shape index (κ1) is 12.3. The van der Waals surface area contributed by atoms with Crippen molar-refractivity contribution >= 4 is 17.5 Å². The Labute approximate surface area is 94.6 Å². The van der Waals surface area contributed by atoms with Crippen molar-refractivity contribution in [3.8, 4) is 5.88 Å². The molecule has 1 rings (SSSR count). The quantitative estimate of drug-likeness (QED) is 0.491. The Morgan fingerprint density at radius 3 is 2.69 bits per heavy atom.